The molecular formula is C7H9N3O4S. The summed E-state index contributed by atoms with van der Waals surface area (Å²) in [6.45, 7) is 0. The number of carboxylic acids is 1. The minimum Gasteiger partial charge on any atom is -0.480 e. The average molecular weight is 231 g/mol. The third-order valence-corrected chi connectivity index (χ3v) is 2.52. The highest BCUT2D eigenvalue weighted by molar-refractivity contribution is 7.98. The van der Waals surface area contributed by atoms with Crippen molar-refractivity contribution in [1.82, 2.24) is 15.5 Å². The van der Waals surface area contributed by atoms with E-state index in [0.29, 0.717) is 18.0 Å². The molecule has 1 atom stereocenters. The lowest BCUT2D eigenvalue weighted by Gasteiger charge is -2.09. The zero-order chi connectivity index (χ0) is 11.1. The molecule has 0 bridgehead atoms. The van der Waals surface area contributed by atoms with Crippen molar-refractivity contribution in [3.63, 3.8) is 0 Å². The number of rotatable bonds is 7. The lowest BCUT2D eigenvalue weighted by Crippen LogP contribution is -2.37. The molecule has 0 fully saturated rings. The van der Waals surface area contributed by atoms with Crippen LogP contribution in [0.2, 0.25) is 0 Å². The van der Waals surface area contributed by atoms with Gasteiger partial charge >= 0.3 is 5.97 Å². The lowest BCUT2D eigenvalue weighted by atomic mass is 10.3. The number of carbonyl (C=O) groups excluding carboxylic acids is 1. The van der Waals surface area contributed by atoms with Crippen LogP contribution >= 0.6 is 11.8 Å². The highest BCUT2D eigenvalue weighted by Gasteiger charge is 2.16. The van der Waals surface area contributed by atoms with Crippen molar-refractivity contribution in [2.75, 3.05) is 5.75 Å². The fourth-order valence-electron chi connectivity index (χ4n) is 0.797. The second kappa shape index (κ2) is 6.02. The quantitative estimate of drug-likeness (QED) is 0.609. The summed E-state index contributed by atoms with van der Waals surface area (Å²) in [7, 11) is 0. The number of carboxylic acid groups (broad SMARTS) is 1. The Morgan fingerprint density at radius 1 is 1.80 bits per heavy atom. The van der Waals surface area contributed by atoms with Crippen molar-refractivity contribution in [3.05, 3.63) is 12.2 Å². The molecular weight excluding hydrogens is 222 g/mol. The molecule has 0 spiro atoms. The van der Waals surface area contributed by atoms with E-state index in [9.17, 15) is 9.59 Å². The third kappa shape index (κ3) is 3.98. The van der Waals surface area contributed by atoms with E-state index in [2.05, 4.69) is 20.0 Å². The van der Waals surface area contributed by atoms with Crippen LogP contribution in [0, 0.1) is 0 Å². The summed E-state index contributed by atoms with van der Waals surface area (Å²) in [6.07, 6.45) is 1.57. The van der Waals surface area contributed by atoms with Crippen LogP contribution in [0.4, 0.5) is 0 Å². The van der Waals surface area contributed by atoms with Crippen molar-refractivity contribution in [1.29, 1.82) is 0 Å². The van der Waals surface area contributed by atoms with E-state index in [0.717, 1.165) is 0 Å². The number of thioether (sulfide) groups is 1. The van der Waals surface area contributed by atoms with E-state index < -0.39 is 12.0 Å². The Kier molecular flexibility index (Phi) is 4.61. The van der Waals surface area contributed by atoms with Gasteiger partial charge in [0.2, 0.25) is 12.8 Å². The highest BCUT2D eigenvalue weighted by atomic mass is 32.2. The molecule has 8 heteroatoms. The van der Waals surface area contributed by atoms with Crippen molar-refractivity contribution >= 4 is 24.1 Å². The number of hydrogen-bond acceptors (Lipinski definition) is 6. The van der Waals surface area contributed by atoms with Gasteiger partial charge in [0.25, 0.3) is 0 Å². The summed E-state index contributed by atoms with van der Waals surface area (Å²) in [5, 5.41) is 14.4. The van der Waals surface area contributed by atoms with Crippen LogP contribution in [0.3, 0.4) is 0 Å². The molecule has 0 aliphatic heterocycles. The van der Waals surface area contributed by atoms with Gasteiger partial charge in [-0.1, -0.05) is 5.16 Å². The van der Waals surface area contributed by atoms with Crippen LogP contribution in [-0.2, 0) is 15.3 Å². The lowest BCUT2D eigenvalue weighted by molar-refractivity contribution is -0.139. The van der Waals surface area contributed by atoms with E-state index in [1.54, 1.807) is 0 Å². The molecule has 1 unspecified atom stereocenters. The summed E-state index contributed by atoms with van der Waals surface area (Å²) in [5.41, 5.74) is 0. The van der Waals surface area contributed by atoms with Gasteiger partial charge in [0.15, 0.2) is 5.82 Å². The Hall–Kier alpha value is -1.57. The molecule has 1 aromatic rings. The normalized spacial score (nSPS) is 12.0. The fraction of sp³-hybridized carbons (Fsp3) is 0.429. The number of aromatic nitrogens is 2. The second-order valence-corrected chi connectivity index (χ2v) is 3.57. The standard InChI is InChI=1S/C7H9N3O4S/c11-3-8-5(7(12)13)1-15-2-6-9-4-14-10-6/h3-5H,1-2H2,(H,8,11)(H,12,13). The first-order valence-electron chi connectivity index (χ1n) is 3.99. The van der Waals surface area contributed by atoms with Gasteiger partial charge in [-0.25, -0.2) is 4.79 Å². The summed E-state index contributed by atoms with van der Waals surface area (Å²) >= 11 is 1.30. The van der Waals surface area contributed by atoms with Gasteiger partial charge in [0.1, 0.15) is 6.04 Å². The molecule has 0 aromatic carbocycles. The third-order valence-electron chi connectivity index (χ3n) is 1.49. The number of amides is 1. The van der Waals surface area contributed by atoms with Crippen LogP contribution in [0.1, 0.15) is 5.82 Å². The Morgan fingerprint density at radius 3 is 3.13 bits per heavy atom. The summed E-state index contributed by atoms with van der Waals surface area (Å²) in [4.78, 5) is 24.5. The Balaban J connectivity index is 2.28. The number of hydrogen-bond donors (Lipinski definition) is 2. The Bertz CT molecular complexity index is 316. The molecule has 0 aliphatic carbocycles. The maximum absolute atomic E-state index is 10.6. The number of nitrogens with zero attached hydrogens (tertiary/aromatic N) is 2. The molecule has 7 nitrogen and oxygen atoms in total. The largest absolute Gasteiger partial charge is 0.480 e. The van der Waals surface area contributed by atoms with E-state index in [1.807, 2.05) is 0 Å². The first kappa shape index (κ1) is 11.5. The predicted molar refractivity (Wildman–Crippen MR) is 51.1 cm³/mol. The fourth-order valence-corrected chi connectivity index (χ4v) is 1.70. The van der Waals surface area contributed by atoms with Crippen molar-refractivity contribution in [2.45, 2.75) is 11.8 Å². The zero-order valence-electron chi connectivity index (χ0n) is 7.62. The second-order valence-electron chi connectivity index (χ2n) is 2.54. The van der Waals surface area contributed by atoms with Crippen molar-refractivity contribution in [3.8, 4) is 0 Å². The van der Waals surface area contributed by atoms with Gasteiger partial charge in [-0.2, -0.15) is 16.7 Å². The first-order chi connectivity index (χ1) is 7.24. The molecule has 0 saturated heterocycles. The maximum atomic E-state index is 10.6. The number of aliphatic carboxylic acids is 1. The molecule has 1 heterocycles. The van der Waals surface area contributed by atoms with Gasteiger partial charge in [-0.05, 0) is 0 Å². The van der Waals surface area contributed by atoms with Crippen LogP contribution < -0.4 is 5.32 Å². The maximum Gasteiger partial charge on any atom is 0.327 e. The summed E-state index contributed by atoms with van der Waals surface area (Å²) in [6, 6.07) is -0.889. The van der Waals surface area contributed by atoms with E-state index in [1.165, 1.54) is 18.2 Å². The zero-order valence-corrected chi connectivity index (χ0v) is 8.44. The molecule has 2 N–H and O–H groups in total. The van der Waals surface area contributed by atoms with Gasteiger partial charge in [-0.3, -0.25) is 4.79 Å². The predicted octanol–water partition coefficient (Wildman–Crippen LogP) is -0.498. The highest BCUT2D eigenvalue weighted by Crippen LogP contribution is 2.09. The van der Waals surface area contributed by atoms with Crippen LogP contribution in [0.5, 0.6) is 0 Å². The molecule has 15 heavy (non-hydrogen) atoms. The smallest absolute Gasteiger partial charge is 0.327 e. The molecule has 82 valence electrons. The molecule has 0 aliphatic rings. The topological polar surface area (TPSA) is 105 Å². The molecule has 0 radical (unpaired) electrons. The van der Waals surface area contributed by atoms with Crippen LogP contribution in [0.15, 0.2) is 10.9 Å². The number of carbonyl (C=O) groups is 2. The van der Waals surface area contributed by atoms with E-state index >= 15 is 0 Å². The van der Waals surface area contributed by atoms with Gasteiger partial charge in [0.05, 0.1) is 5.75 Å². The SMILES string of the molecule is O=CNC(CSCc1ncon1)C(=O)O. The van der Waals surface area contributed by atoms with Crippen LogP contribution in [-0.4, -0.2) is 39.4 Å². The Morgan fingerprint density at radius 2 is 2.60 bits per heavy atom. The molecule has 1 rings (SSSR count). The van der Waals surface area contributed by atoms with E-state index in [4.69, 9.17) is 5.11 Å². The summed E-state index contributed by atoms with van der Waals surface area (Å²) < 4.78 is 4.50. The summed E-state index contributed by atoms with van der Waals surface area (Å²) in [5.74, 6) is 0.127. The minimum atomic E-state index is -1.07. The monoisotopic (exact) mass is 231 g/mol. The van der Waals surface area contributed by atoms with E-state index in [-0.39, 0.29) is 5.75 Å². The minimum absolute atomic E-state index is 0.253. The Labute approximate surface area is 89.2 Å². The van der Waals surface area contributed by atoms with Crippen molar-refractivity contribution in [2.24, 2.45) is 0 Å². The molecule has 1 aromatic heterocycles. The number of nitrogens with one attached hydrogen (secondary N) is 1. The van der Waals surface area contributed by atoms with Crippen molar-refractivity contribution < 1.29 is 19.2 Å². The first-order valence-corrected chi connectivity index (χ1v) is 5.15. The van der Waals surface area contributed by atoms with Gasteiger partial charge in [0, 0.05) is 5.75 Å². The molecule has 1 amide bonds. The van der Waals surface area contributed by atoms with Gasteiger partial charge in [-0.15, -0.1) is 0 Å². The van der Waals surface area contributed by atoms with Crippen LogP contribution in [0.25, 0.3) is 0 Å². The van der Waals surface area contributed by atoms with Gasteiger partial charge < -0.3 is 14.9 Å². The molecule has 0 saturated carbocycles. The average Bonchev–Trinajstić information content (AvgIpc) is 2.69.